The predicted molar refractivity (Wildman–Crippen MR) is 122 cm³/mol. The zero-order chi connectivity index (χ0) is 23.5. The maximum absolute atomic E-state index is 12.1. The normalized spacial score (nSPS) is 14.5. The summed E-state index contributed by atoms with van der Waals surface area (Å²) in [4.78, 5) is 31.9. The van der Waals surface area contributed by atoms with Gasteiger partial charge in [-0.25, -0.2) is 9.79 Å². The Morgan fingerprint density at radius 3 is 2.50 bits per heavy atom. The first kappa shape index (κ1) is 25.1. The fourth-order valence-electron chi connectivity index (χ4n) is 3.23. The van der Waals surface area contributed by atoms with Gasteiger partial charge in [0.2, 0.25) is 5.91 Å². The molecule has 1 aliphatic heterocycles. The van der Waals surface area contributed by atoms with Gasteiger partial charge < -0.3 is 34.6 Å². The number of guanidine groups is 1. The van der Waals surface area contributed by atoms with E-state index in [0.29, 0.717) is 43.7 Å². The van der Waals surface area contributed by atoms with Gasteiger partial charge in [-0.05, 0) is 31.9 Å². The molecule has 0 unspecified atom stereocenters. The van der Waals surface area contributed by atoms with Crippen LogP contribution in [0.3, 0.4) is 0 Å². The summed E-state index contributed by atoms with van der Waals surface area (Å²) in [7, 11) is 6.63. The van der Waals surface area contributed by atoms with Crippen molar-refractivity contribution in [1.82, 2.24) is 20.4 Å². The lowest BCUT2D eigenvalue weighted by molar-refractivity contribution is -0.127. The summed E-state index contributed by atoms with van der Waals surface area (Å²) in [5.41, 5.74) is 0.894. The molecule has 178 valence electrons. The van der Waals surface area contributed by atoms with Crippen molar-refractivity contribution < 1.29 is 23.8 Å². The molecule has 32 heavy (non-hydrogen) atoms. The average molecular weight is 450 g/mol. The van der Waals surface area contributed by atoms with Crippen molar-refractivity contribution in [2.75, 3.05) is 54.6 Å². The van der Waals surface area contributed by atoms with Crippen LogP contribution in [-0.4, -0.2) is 88.4 Å². The highest BCUT2D eigenvalue weighted by Crippen LogP contribution is 2.25. The van der Waals surface area contributed by atoms with E-state index >= 15 is 0 Å². The first-order chi connectivity index (χ1) is 15.4. The Morgan fingerprint density at radius 2 is 1.91 bits per heavy atom. The van der Waals surface area contributed by atoms with Gasteiger partial charge in [-0.2, -0.15) is 0 Å². The number of ether oxygens (including phenoxy) is 3. The second kappa shape index (κ2) is 12.6. The minimum atomic E-state index is -0.277. The van der Waals surface area contributed by atoms with Gasteiger partial charge in [0.15, 0.2) is 5.96 Å². The molecule has 1 fully saturated rings. The van der Waals surface area contributed by atoms with Gasteiger partial charge in [0.05, 0.1) is 33.9 Å². The fraction of sp³-hybridized carbons (Fsp3) is 0.591. The highest BCUT2D eigenvalue weighted by molar-refractivity contribution is 5.86. The Balaban J connectivity index is 2.06. The van der Waals surface area contributed by atoms with Gasteiger partial charge in [0.1, 0.15) is 11.5 Å². The molecule has 2 amide bonds. The molecule has 10 heteroatoms. The van der Waals surface area contributed by atoms with Gasteiger partial charge in [-0.15, -0.1) is 0 Å². The largest absolute Gasteiger partial charge is 0.497 e. The second-order valence-electron chi connectivity index (χ2n) is 7.59. The fourth-order valence-corrected chi connectivity index (χ4v) is 3.23. The molecule has 1 aromatic rings. The quantitative estimate of drug-likeness (QED) is 0.457. The van der Waals surface area contributed by atoms with E-state index in [4.69, 9.17) is 14.2 Å². The summed E-state index contributed by atoms with van der Waals surface area (Å²) in [6, 6.07) is 5.70. The maximum atomic E-state index is 12.1. The Hall–Kier alpha value is -3.17. The second-order valence-corrected chi connectivity index (χ2v) is 7.59. The lowest BCUT2D eigenvalue weighted by atomic mass is 10.1. The summed E-state index contributed by atoms with van der Waals surface area (Å²) in [6.07, 6.45) is 1.24. The SMILES string of the molecule is CCOC(=O)N1CCC(NC(=NCc2ccc(OC)cc2OC)NCC(=O)N(C)C)CC1. The number of hydrogen-bond donors (Lipinski definition) is 2. The molecule has 10 nitrogen and oxygen atoms in total. The van der Waals surface area contributed by atoms with Crippen LogP contribution in [-0.2, 0) is 16.1 Å². The van der Waals surface area contributed by atoms with Gasteiger partial charge in [-0.1, -0.05) is 0 Å². The number of rotatable bonds is 8. The Kier molecular flexibility index (Phi) is 9.90. The minimum absolute atomic E-state index is 0.0568. The zero-order valence-electron chi connectivity index (χ0n) is 19.6. The third kappa shape index (κ3) is 7.51. The van der Waals surface area contributed by atoms with Gasteiger partial charge in [0.25, 0.3) is 0 Å². The van der Waals surface area contributed by atoms with E-state index in [1.165, 1.54) is 4.90 Å². The van der Waals surface area contributed by atoms with Gasteiger partial charge in [0, 0.05) is 44.9 Å². The molecular formula is C22H35N5O5. The molecule has 2 rings (SSSR count). The number of piperidine rings is 1. The van der Waals surface area contributed by atoms with Crippen molar-refractivity contribution >= 4 is 18.0 Å². The number of likely N-dealkylation sites (N-methyl/N-ethyl adjacent to an activating group) is 1. The summed E-state index contributed by atoms with van der Waals surface area (Å²) >= 11 is 0. The zero-order valence-corrected chi connectivity index (χ0v) is 19.6. The molecule has 0 atom stereocenters. The number of carbonyl (C=O) groups excluding carboxylic acids is 2. The van der Waals surface area contributed by atoms with E-state index in [9.17, 15) is 9.59 Å². The Morgan fingerprint density at radius 1 is 1.19 bits per heavy atom. The molecule has 1 aliphatic rings. The number of nitrogens with zero attached hydrogens (tertiary/aromatic N) is 3. The lowest BCUT2D eigenvalue weighted by Crippen LogP contribution is -2.51. The average Bonchev–Trinajstić information content (AvgIpc) is 2.80. The van der Waals surface area contributed by atoms with Crippen LogP contribution in [0.4, 0.5) is 4.79 Å². The number of hydrogen-bond acceptors (Lipinski definition) is 6. The van der Waals surface area contributed by atoms with Crippen molar-refractivity contribution in [3.63, 3.8) is 0 Å². The molecule has 1 saturated heterocycles. The smallest absolute Gasteiger partial charge is 0.409 e. The Labute approximate surface area is 189 Å². The summed E-state index contributed by atoms with van der Waals surface area (Å²) in [5.74, 6) is 1.86. The summed E-state index contributed by atoms with van der Waals surface area (Å²) < 4.78 is 15.8. The van der Waals surface area contributed by atoms with Crippen molar-refractivity contribution in [2.24, 2.45) is 4.99 Å². The molecule has 1 aromatic carbocycles. The summed E-state index contributed by atoms with van der Waals surface area (Å²) in [5, 5.41) is 6.51. The number of amides is 2. The number of likely N-dealkylation sites (tertiary alicyclic amines) is 1. The van der Waals surface area contributed by atoms with Crippen LogP contribution in [0.2, 0.25) is 0 Å². The molecule has 0 aromatic heterocycles. The van der Waals surface area contributed by atoms with Crippen LogP contribution in [0.5, 0.6) is 11.5 Å². The van der Waals surface area contributed by atoms with E-state index in [0.717, 1.165) is 18.4 Å². The highest BCUT2D eigenvalue weighted by atomic mass is 16.6. The number of carbonyl (C=O) groups is 2. The first-order valence-electron chi connectivity index (χ1n) is 10.8. The number of aliphatic imine (C=N–C) groups is 1. The van der Waals surface area contributed by atoms with Crippen LogP contribution < -0.4 is 20.1 Å². The predicted octanol–water partition coefficient (Wildman–Crippen LogP) is 1.45. The number of methoxy groups -OCH3 is 2. The highest BCUT2D eigenvalue weighted by Gasteiger charge is 2.24. The Bertz CT molecular complexity index is 791. The molecule has 0 saturated carbocycles. The molecule has 1 heterocycles. The van der Waals surface area contributed by atoms with E-state index in [1.807, 2.05) is 18.2 Å². The monoisotopic (exact) mass is 449 g/mol. The van der Waals surface area contributed by atoms with Crippen molar-refractivity contribution in [2.45, 2.75) is 32.4 Å². The number of nitrogens with one attached hydrogen (secondary N) is 2. The number of benzene rings is 1. The van der Waals surface area contributed by atoms with Crippen LogP contribution in [0.1, 0.15) is 25.3 Å². The molecule has 0 aliphatic carbocycles. The standard InChI is InChI=1S/C22H35N5O5/c1-6-32-22(29)27-11-9-17(10-12-27)25-21(24-15-20(28)26(2)3)23-14-16-7-8-18(30-4)13-19(16)31-5/h7-8,13,17H,6,9-12,14-15H2,1-5H3,(H2,23,24,25). The van der Waals surface area contributed by atoms with Crippen LogP contribution >= 0.6 is 0 Å². The summed E-state index contributed by atoms with van der Waals surface area (Å²) in [6.45, 7) is 3.86. The van der Waals surface area contributed by atoms with Crippen molar-refractivity contribution in [3.8, 4) is 11.5 Å². The van der Waals surface area contributed by atoms with Crippen molar-refractivity contribution in [1.29, 1.82) is 0 Å². The third-order valence-corrected chi connectivity index (χ3v) is 5.17. The van der Waals surface area contributed by atoms with Crippen LogP contribution in [0.15, 0.2) is 23.2 Å². The maximum Gasteiger partial charge on any atom is 0.409 e. The molecule has 0 bridgehead atoms. The lowest BCUT2D eigenvalue weighted by Gasteiger charge is -2.32. The third-order valence-electron chi connectivity index (χ3n) is 5.17. The van der Waals surface area contributed by atoms with E-state index in [2.05, 4.69) is 15.6 Å². The molecular weight excluding hydrogens is 414 g/mol. The van der Waals surface area contributed by atoms with E-state index in [1.54, 1.807) is 40.1 Å². The topological polar surface area (TPSA) is 105 Å². The molecule has 2 N–H and O–H groups in total. The minimum Gasteiger partial charge on any atom is -0.497 e. The van der Waals surface area contributed by atoms with Crippen LogP contribution in [0.25, 0.3) is 0 Å². The molecule has 0 spiro atoms. The van der Waals surface area contributed by atoms with Crippen molar-refractivity contribution in [3.05, 3.63) is 23.8 Å². The first-order valence-corrected chi connectivity index (χ1v) is 10.8. The molecule has 0 radical (unpaired) electrons. The van der Waals surface area contributed by atoms with E-state index < -0.39 is 0 Å². The van der Waals surface area contributed by atoms with Crippen LogP contribution in [0, 0.1) is 0 Å². The van der Waals surface area contributed by atoms with Gasteiger partial charge in [-0.3, -0.25) is 4.79 Å². The van der Waals surface area contributed by atoms with Gasteiger partial charge >= 0.3 is 6.09 Å². The van der Waals surface area contributed by atoms with E-state index in [-0.39, 0.29) is 24.6 Å².